The molecule has 0 N–H and O–H groups in total. The van der Waals surface area contributed by atoms with Crippen molar-refractivity contribution in [2.75, 3.05) is 26.2 Å². The van der Waals surface area contributed by atoms with Gasteiger partial charge in [-0.15, -0.1) is 0 Å². The van der Waals surface area contributed by atoms with E-state index in [9.17, 15) is 4.79 Å². The Morgan fingerprint density at radius 3 is 2.71 bits per heavy atom. The van der Waals surface area contributed by atoms with Gasteiger partial charge in [-0.2, -0.15) is 0 Å². The first-order chi connectivity index (χ1) is 11.6. The topological polar surface area (TPSA) is 49.3 Å². The third-order valence-electron chi connectivity index (χ3n) is 4.74. The minimum Gasteiger partial charge on any atom is -0.340 e. The number of rotatable bonds is 5. The van der Waals surface area contributed by atoms with Crippen LogP contribution in [0.3, 0.4) is 0 Å². The van der Waals surface area contributed by atoms with E-state index in [1.165, 1.54) is 0 Å². The molecule has 1 amide bonds. The zero-order valence-corrected chi connectivity index (χ0v) is 14.6. The molecule has 128 valence electrons. The van der Waals surface area contributed by atoms with Gasteiger partial charge in [0.2, 0.25) is 5.91 Å². The summed E-state index contributed by atoms with van der Waals surface area (Å²) < 4.78 is 0. The summed E-state index contributed by atoms with van der Waals surface area (Å²) in [6, 6.07) is 8.59. The monoisotopic (exact) mass is 326 g/mol. The molecule has 0 atom stereocenters. The van der Waals surface area contributed by atoms with Gasteiger partial charge in [0.1, 0.15) is 0 Å². The fraction of sp³-hybridized carbons (Fsp3) is 0.526. The van der Waals surface area contributed by atoms with E-state index in [0.717, 1.165) is 55.7 Å². The lowest BCUT2D eigenvalue weighted by molar-refractivity contribution is -0.133. The van der Waals surface area contributed by atoms with E-state index < -0.39 is 0 Å². The molecule has 0 bridgehead atoms. The van der Waals surface area contributed by atoms with Crippen molar-refractivity contribution >= 4 is 16.9 Å². The van der Waals surface area contributed by atoms with Gasteiger partial charge in [-0.3, -0.25) is 9.69 Å². The van der Waals surface area contributed by atoms with Crippen molar-refractivity contribution in [2.24, 2.45) is 0 Å². The molecule has 0 aromatic carbocycles. The molecule has 5 nitrogen and oxygen atoms in total. The van der Waals surface area contributed by atoms with Crippen LogP contribution in [-0.4, -0.2) is 57.9 Å². The molecule has 24 heavy (non-hydrogen) atoms. The van der Waals surface area contributed by atoms with Crippen molar-refractivity contribution in [2.45, 2.75) is 39.2 Å². The summed E-state index contributed by atoms with van der Waals surface area (Å²) in [5.41, 5.74) is 1.80. The first-order valence-electron chi connectivity index (χ1n) is 8.86. The summed E-state index contributed by atoms with van der Waals surface area (Å²) in [5, 5.41) is 1.06. The van der Waals surface area contributed by atoms with Gasteiger partial charge in [-0.1, -0.05) is 0 Å². The molecule has 1 aliphatic rings. The Bertz CT molecular complexity index is 693. The van der Waals surface area contributed by atoms with Gasteiger partial charge < -0.3 is 4.90 Å². The maximum absolute atomic E-state index is 12.4. The number of hydrogen-bond acceptors (Lipinski definition) is 4. The normalized spacial score (nSPS) is 16.0. The van der Waals surface area contributed by atoms with Crippen molar-refractivity contribution in [3.05, 3.63) is 36.2 Å². The highest BCUT2D eigenvalue weighted by Gasteiger charge is 2.21. The highest BCUT2D eigenvalue weighted by Crippen LogP contribution is 2.12. The second-order valence-corrected chi connectivity index (χ2v) is 6.72. The molecule has 0 saturated carbocycles. The molecule has 0 spiro atoms. The molecule has 3 rings (SSSR count). The number of aromatic nitrogens is 2. The molecule has 5 heteroatoms. The first kappa shape index (κ1) is 16.8. The minimum atomic E-state index is 0.275. The third kappa shape index (κ3) is 4.09. The van der Waals surface area contributed by atoms with Gasteiger partial charge in [-0.05, 0) is 51.0 Å². The molecule has 0 radical (unpaired) electrons. The van der Waals surface area contributed by atoms with Crippen LogP contribution in [0, 0.1) is 0 Å². The number of pyridine rings is 2. The van der Waals surface area contributed by atoms with Crippen molar-refractivity contribution in [3.63, 3.8) is 0 Å². The molecule has 0 aliphatic carbocycles. The average Bonchev–Trinajstić information content (AvgIpc) is 2.61. The minimum absolute atomic E-state index is 0.275. The molecule has 1 saturated heterocycles. The van der Waals surface area contributed by atoms with Gasteiger partial charge in [-0.25, -0.2) is 9.97 Å². The van der Waals surface area contributed by atoms with Crippen LogP contribution in [0.2, 0.25) is 0 Å². The Morgan fingerprint density at radius 2 is 1.96 bits per heavy atom. The highest BCUT2D eigenvalue weighted by atomic mass is 16.2. The lowest BCUT2D eigenvalue weighted by Crippen LogP contribution is -2.50. The number of aryl methyl sites for hydroxylation is 1. The number of amides is 1. The first-order valence-corrected chi connectivity index (χ1v) is 8.86. The number of hydrogen-bond donors (Lipinski definition) is 0. The Kier molecular flexibility index (Phi) is 5.41. The molecule has 0 unspecified atom stereocenters. The molecule has 3 heterocycles. The smallest absolute Gasteiger partial charge is 0.222 e. The summed E-state index contributed by atoms with van der Waals surface area (Å²) in [5.74, 6) is 0.275. The van der Waals surface area contributed by atoms with E-state index >= 15 is 0 Å². The molecular formula is C19H26N4O. The average molecular weight is 326 g/mol. The third-order valence-corrected chi connectivity index (χ3v) is 4.74. The van der Waals surface area contributed by atoms with Crippen LogP contribution in [0.15, 0.2) is 30.5 Å². The predicted molar refractivity (Wildman–Crippen MR) is 95.8 cm³/mol. The van der Waals surface area contributed by atoms with Crippen LogP contribution in [0.5, 0.6) is 0 Å². The molecular weight excluding hydrogens is 300 g/mol. The van der Waals surface area contributed by atoms with E-state index in [4.69, 9.17) is 0 Å². The summed E-state index contributed by atoms with van der Waals surface area (Å²) in [6.45, 7) is 8.11. The highest BCUT2D eigenvalue weighted by molar-refractivity contribution is 5.76. The Balaban J connectivity index is 1.46. The summed E-state index contributed by atoms with van der Waals surface area (Å²) in [7, 11) is 0. The lowest BCUT2D eigenvalue weighted by Gasteiger charge is -2.37. The van der Waals surface area contributed by atoms with E-state index in [1.54, 1.807) is 6.20 Å². The Hall–Kier alpha value is -2.01. The van der Waals surface area contributed by atoms with E-state index in [0.29, 0.717) is 12.5 Å². The van der Waals surface area contributed by atoms with Crippen molar-refractivity contribution < 1.29 is 4.79 Å². The van der Waals surface area contributed by atoms with E-state index in [1.807, 2.05) is 23.1 Å². The van der Waals surface area contributed by atoms with Crippen LogP contribution in [-0.2, 0) is 11.2 Å². The zero-order chi connectivity index (χ0) is 16.9. The van der Waals surface area contributed by atoms with Gasteiger partial charge in [0.25, 0.3) is 0 Å². The van der Waals surface area contributed by atoms with Crippen molar-refractivity contribution in [1.82, 2.24) is 19.8 Å². The maximum atomic E-state index is 12.4. The Morgan fingerprint density at radius 1 is 1.17 bits per heavy atom. The van der Waals surface area contributed by atoms with Crippen LogP contribution >= 0.6 is 0 Å². The second kappa shape index (κ2) is 7.71. The number of fused-ring (bicyclic) bond motifs is 1. The largest absolute Gasteiger partial charge is 0.340 e. The summed E-state index contributed by atoms with van der Waals surface area (Å²) >= 11 is 0. The predicted octanol–water partition coefficient (Wildman–Crippen LogP) is 2.51. The molecule has 2 aromatic rings. The van der Waals surface area contributed by atoms with Gasteiger partial charge >= 0.3 is 0 Å². The van der Waals surface area contributed by atoms with Gasteiger partial charge in [0, 0.05) is 55.9 Å². The van der Waals surface area contributed by atoms with Crippen molar-refractivity contribution in [3.8, 4) is 0 Å². The number of nitrogens with zero attached hydrogens (tertiary/aromatic N) is 4. The molecule has 2 aromatic heterocycles. The number of piperazine rings is 1. The van der Waals surface area contributed by atoms with Crippen LogP contribution in [0.1, 0.15) is 32.4 Å². The lowest BCUT2D eigenvalue weighted by atomic mass is 10.1. The zero-order valence-electron chi connectivity index (χ0n) is 14.6. The quantitative estimate of drug-likeness (QED) is 0.847. The summed E-state index contributed by atoms with van der Waals surface area (Å²) in [4.78, 5) is 25.6. The van der Waals surface area contributed by atoms with Crippen LogP contribution in [0.25, 0.3) is 11.0 Å². The van der Waals surface area contributed by atoms with Crippen molar-refractivity contribution in [1.29, 1.82) is 0 Å². The molecule has 1 aliphatic heterocycles. The van der Waals surface area contributed by atoms with Gasteiger partial charge in [0.05, 0.1) is 0 Å². The maximum Gasteiger partial charge on any atom is 0.222 e. The molecule has 1 fully saturated rings. The number of carbonyl (C=O) groups excluding carboxylic acids is 1. The second-order valence-electron chi connectivity index (χ2n) is 6.72. The number of carbonyl (C=O) groups is 1. The fourth-order valence-electron chi connectivity index (χ4n) is 3.20. The Labute approximate surface area is 143 Å². The fourth-order valence-corrected chi connectivity index (χ4v) is 3.20. The van der Waals surface area contributed by atoms with Gasteiger partial charge in [0.15, 0.2) is 5.65 Å². The van der Waals surface area contributed by atoms with E-state index in [-0.39, 0.29) is 5.91 Å². The SMILES string of the molecule is CC(C)N1CCN(C(=O)CCCc2ccc3cccnc3n2)CC1. The summed E-state index contributed by atoms with van der Waals surface area (Å²) in [6.07, 6.45) is 4.03. The van der Waals surface area contributed by atoms with Crippen LogP contribution < -0.4 is 0 Å². The van der Waals surface area contributed by atoms with Crippen LogP contribution in [0.4, 0.5) is 0 Å². The van der Waals surface area contributed by atoms with E-state index in [2.05, 4.69) is 34.8 Å². The standard InChI is InChI=1S/C19H26N4O/c1-15(2)22-11-13-23(14-12-22)18(24)7-3-6-17-9-8-16-5-4-10-20-19(16)21-17/h4-5,8-10,15H,3,6-7,11-14H2,1-2H3.